The third kappa shape index (κ3) is 3.61. The summed E-state index contributed by atoms with van der Waals surface area (Å²) in [5.74, 6) is 2.75. The molecule has 1 aliphatic carbocycles. The molecule has 22 heavy (non-hydrogen) atoms. The van der Waals surface area contributed by atoms with Crippen molar-refractivity contribution in [3.63, 3.8) is 0 Å². The second-order valence-corrected chi connectivity index (χ2v) is 6.12. The molecule has 3 rings (SSSR count). The lowest BCUT2D eigenvalue weighted by Gasteiger charge is -2.14. The molecule has 0 aromatic carbocycles. The van der Waals surface area contributed by atoms with Crippen LogP contribution >= 0.6 is 0 Å². The summed E-state index contributed by atoms with van der Waals surface area (Å²) in [4.78, 5) is 9.06. The second kappa shape index (κ2) is 6.42. The lowest BCUT2D eigenvalue weighted by Crippen LogP contribution is -2.18. The van der Waals surface area contributed by atoms with Gasteiger partial charge in [0.1, 0.15) is 0 Å². The summed E-state index contributed by atoms with van der Waals surface area (Å²) in [7, 11) is 0. The van der Waals surface area contributed by atoms with E-state index in [0.29, 0.717) is 17.9 Å². The van der Waals surface area contributed by atoms with Gasteiger partial charge in [-0.2, -0.15) is 0 Å². The number of aryl methyl sites for hydroxylation is 3. The van der Waals surface area contributed by atoms with E-state index in [-0.39, 0.29) is 0 Å². The van der Waals surface area contributed by atoms with Gasteiger partial charge in [0.05, 0.1) is 0 Å². The van der Waals surface area contributed by atoms with Crippen LogP contribution in [0.3, 0.4) is 0 Å². The van der Waals surface area contributed by atoms with E-state index in [1.54, 1.807) is 0 Å². The van der Waals surface area contributed by atoms with E-state index in [0.717, 1.165) is 48.9 Å². The Morgan fingerprint density at radius 2 is 2.09 bits per heavy atom. The maximum absolute atomic E-state index is 5.48. The first kappa shape index (κ1) is 14.9. The van der Waals surface area contributed by atoms with Crippen LogP contribution in [-0.2, 0) is 12.8 Å². The maximum atomic E-state index is 5.48. The summed E-state index contributed by atoms with van der Waals surface area (Å²) in [5.41, 5.74) is 2.11. The molecule has 6 nitrogen and oxygen atoms in total. The van der Waals surface area contributed by atoms with E-state index in [1.165, 1.54) is 6.42 Å². The number of anilines is 1. The summed E-state index contributed by atoms with van der Waals surface area (Å²) in [6.45, 7) is 5.96. The predicted octanol–water partition coefficient (Wildman–Crippen LogP) is 2.86. The molecule has 0 unspecified atom stereocenters. The molecule has 1 N–H and O–H groups in total. The summed E-state index contributed by atoms with van der Waals surface area (Å²) in [6.07, 6.45) is 5.21. The Morgan fingerprint density at radius 1 is 1.23 bits per heavy atom. The van der Waals surface area contributed by atoms with E-state index < -0.39 is 0 Å². The van der Waals surface area contributed by atoms with Crippen molar-refractivity contribution in [1.82, 2.24) is 20.2 Å². The zero-order chi connectivity index (χ0) is 15.5. The van der Waals surface area contributed by atoms with Crippen molar-refractivity contribution in [3.05, 3.63) is 29.2 Å². The Balaban J connectivity index is 1.57. The molecule has 1 saturated carbocycles. The molecular formula is C16H23N5O. The monoisotopic (exact) mass is 301 g/mol. The average molecular weight is 301 g/mol. The van der Waals surface area contributed by atoms with Gasteiger partial charge in [-0.1, -0.05) is 6.92 Å². The van der Waals surface area contributed by atoms with Crippen LogP contribution < -0.4 is 5.32 Å². The quantitative estimate of drug-likeness (QED) is 0.915. The average Bonchev–Trinajstić information content (AvgIpc) is 3.08. The Kier molecular flexibility index (Phi) is 4.36. The van der Waals surface area contributed by atoms with Gasteiger partial charge in [-0.05, 0) is 44.6 Å². The number of aromatic nitrogens is 4. The molecule has 118 valence electrons. The molecule has 6 heteroatoms. The fourth-order valence-corrected chi connectivity index (χ4v) is 3.12. The molecule has 0 bridgehead atoms. The standard InChI is InChI=1S/C16H23N5O/c1-4-13-7-10(2)17-16(18-13)19-14-6-5-12(8-14)9-15-21-20-11(3)22-15/h7,12,14H,4-6,8-9H2,1-3H3,(H,17,18,19)/t12-,14+/m1/s1. The highest BCUT2D eigenvalue weighted by Crippen LogP contribution is 2.30. The van der Waals surface area contributed by atoms with Crippen molar-refractivity contribution in [2.24, 2.45) is 5.92 Å². The normalized spacial score (nSPS) is 21.2. The topological polar surface area (TPSA) is 76.7 Å². The fourth-order valence-electron chi connectivity index (χ4n) is 3.12. The highest BCUT2D eigenvalue weighted by molar-refractivity contribution is 5.29. The van der Waals surface area contributed by atoms with E-state index in [2.05, 4.69) is 32.4 Å². The van der Waals surface area contributed by atoms with Crippen LogP contribution in [0, 0.1) is 19.8 Å². The second-order valence-electron chi connectivity index (χ2n) is 6.12. The van der Waals surface area contributed by atoms with Crippen molar-refractivity contribution in [1.29, 1.82) is 0 Å². The predicted molar refractivity (Wildman–Crippen MR) is 83.6 cm³/mol. The van der Waals surface area contributed by atoms with Crippen molar-refractivity contribution in [2.45, 2.75) is 58.9 Å². The van der Waals surface area contributed by atoms with Crippen LogP contribution in [0.1, 0.15) is 49.4 Å². The molecule has 1 aliphatic rings. The van der Waals surface area contributed by atoms with Gasteiger partial charge in [0, 0.05) is 30.8 Å². The molecule has 0 aliphatic heterocycles. The zero-order valence-electron chi connectivity index (χ0n) is 13.5. The molecule has 1 fully saturated rings. The first-order chi connectivity index (χ1) is 10.6. The lowest BCUT2D eigenvalue weighted by molar-refractivity contribution is 0.416. The van der Waals surface area contributed by atoms with Gasteiger partial charge in [-0.15, -0.1) is 10.2 Å². The van der Waals surface area contributed by atoms with Crippen LogP contribution in [0.2, 0.25) is 0 Å². The molecule has 0 saturated heterocycles. The molecule has 0 radical (unpaired) electrons. The van der Waals surface area contributed by atoms with Gasteiger partial charge in [-0.3, -0.25) is 0 Å². The highest BCUT2D eigenvalue weighted by Gasteiger charge is 2.26. The number of nitrogens with zero attached hydrogens (tertiary/aromatic N) is 4. The maximum Gasteiger partial charge on any atom is 0.223 e. The summed E-state index contributed by atoms with van der Waals surface area (Å²) >= 11 is 0. The van der Waals surface area contributed by atoms with Crippen LogP contribution in [0.4, 0.5) is 5.95 Å². The largest absolute Gasteiger partial charge is 0.426 e. The minimum absolute atomic E-state index is 0.431. The lowest BCUT2D eigenvalue weighted by atomic mass is 10.0. The third-order valence-corrected chi connectivity index (χ3v) is 4.18. The zero-order valence-corrected chi connectivity index (χ0v) is 13.5. The van der Waals surface area contributed by atoms with E-state index in [9.17, 15) is 0 Å². The van der Waals surface area contributed by atoms with Crippen molar-refractivity contribution < 1.29 is 4.42 Å². The van der Waals surface area contributed by atoms with Crippen LogP contribution in [-0.4, -0.2) is 26.2 Å². The number of hydrogen-bond acceptors (Lipinski definition) is 6. The van der Waals surface area contributed by atoms with Crippen LogP contribution in [0.5, 0.6) is 0 Å². The van der Waals surface area contributed by atoms with Gasteiger partial charge in [-0.25, -0.2) is 9.97 Å². The van der Waals surface area contributed by atoms with Crippen molar-refractivity contribution >= 4 is 5.95 Å². The van der Waals surface area contributed by atoms with Gasteiger partial charge in [0.15, 0.2) is 0 Å². The number of hydrogen-bond donors (Lipinski definition) is 1. The molecule has 0 amide bonds. The minimum atomic E-state index is 0.431. The molecule has 2 heterocycles. The van der Waals surface area contributed by atoms with Crippen molar-refractivity contribution in [2.75, 3.05) is 5.32 Å². The van der Waals surface area contributed by atoms with Crippen molar-refractivity contribution in [3.8, 4) is 0 Å². The first-order valence-electron chi connectivity index (χ1n) is 8.02. The number of rotatable bonds is 5. The van der Waals surface area contributed by atoms with E-state index in [4.69, 9.17) is 4.42 Å². The van der Waals surface area contributed by atoms with Crippen LogP contribution in [0.15, 0.2) is 10.5 Å². The molecule has 2 aromatic heterocycles. The summed E-state index contributed by atoms with van der Waals surface area (Å²) in [5, 5.41) is 11.5. The summed E-state index contributed by atoms with van der Waals surface area (Å²) < 4.78 is 5.48. The molecule has 2 atom stereocenters. The summed E-state index contributed by atoms with van der Waals surface area (Å²) in [6, 6.07) is 2.47. The van der Waals surface area contributed by atoms with Gasteiger partial charge < -0.3 is 9.73 Å². The molecule has 0 spiro atoms. The SMILES string of the molecule is CCc1cc(C)nc(N[C@H]2CC[C@@H](Cc3nnc(C)o3)C2)n1. The minimum Gasteiger partial charge on any atom is -0.426 e. The van der Waals surface area contributed by atoms with E-state index >= 15 is 0 Å². The first-order valence-corrected chi connectivity index (χ1v) is 8.02. The molecular weight excluding hydrogens is 278 g/mol. The Bertz CT molecular complexity index is 639. The van der Waals surface area contributed by atoms with E-state index in [1.807, 2.05) is 19.9 Å². The Hall–Kier alpha value is -1.98. The fraction of sp³-hybridized carbons (Fsp3) is 0.625. The van der Waals surface area contributed by atoms with Gasteiger partial charge in [0.25, 0.3) is 0 Å². The Labute approximate surface area is 130 Å². The van der Waals surface area contributed by atoms with Crippen LogP contribution in [0.25, 0.3) is 0 Å². The smallest absolute Gasteiger partial charge is 0.223 e. The number of nitrogens with one attached hydrogen (secondary N) is 1. The third-order valence-electron chi connectivity index (χ3n) is 4.18. The van der Waals surface area contributed by atoms with Gasteiger partial charge >= 0.3 is 0 Å². The molecule has 2 aromatic rings. The highest BCUT2D eigenvalue weighted by atomic mass is 16.4. The van der Waals surface area contributed by atoms with Gasteiger partial charge in [0.2, 0.25) is 17.7 Å². The Morgan fingerprint density at radius 3 is 2.82 bits per heavy atom.